The van der Waals surface area contributed by atoms with E-state index in [0.717, 1.165) is 11.3 Å². The quantitative estimate of drug-likeness (QED) is 0.487. The molecule has 24 heavy (non-hydrogen) atoms. The SMILES string of the molecule is CCOc1cc(C=Nn2c(-c3cc(C)[nH]n3)n[nH]c2=S)ccc1O. The maximum absolute atomic E-state index is 9.74. The van der Waals surface area contributed by atoms with Crippen molar-refractivity contribution >= 4 is 18.4 Å². The molecule has 9 heteroatoms. The zero-order valence-corrected chi connectivity index (χ0v) is 14.0. The number of phenolic OH excluding ortho intramolecular Hbond substituents is 1. The molecule has 3 N–H and O–H groups in total. The molecule has 1 aromatic carbocycles. The zero-order chi connectivity index (χ0) is 17.1. The van der Waals surface area contributed by atoms with E-state index in [-0.39, 0.29) is 5.75 Å². The number of aromatic nitrogens is 5. The Balaban J connectivity index is 1.94. The average Bonchev–Trinajstić information content (AvgIpc) is 3.14. The molecule has 0 radical (unpaired) electrons. The number of aryl methyl sites for hydroxylation is 1. The summed E-state index contributed by atoms with van der Waals surface area (Å²) in [6.07, 6.45) is 1.61. The minimum atomic E-state index is 0.0848. The molecule has 0 unspecified atom stereocenters. The van der Waals surface area contributed by atoms with E-state index in [0.29, 0.717) is 28.6 Å². The molecule has 0 aliphatic carbocycles. The van der Waals surface area contributed by atoms with Gasteiger partial charge in [-0.05, 0) is 55.9 Å². The maximum Gasteiger partial charge on any atom is 0.216 e. The zero-order valence-electron chi connectivity index (χ0n) is 13.1. The Labute approximate surface area is 142 Å². The topological polar surface area (TPSA) is 104 Å². The van der Waals surface area contributed by atoms with Crippen molar-refractivity contribution in [2.75, 3.05) is 6.61 Å². The number of nitrogens with zero attached hydrogens (tertiary/aromatic N) is 4. The average molecular weight is 344 g/mol. The summed E-state index contributed by atoms with van der Waals surface area (Å²) >= 11 is 5.21. The van der Waals surface area contributed by atoms with Crippen molar-refractivity contribution < 1.29 is 9.84 Å². The minimum Gasteiger partial charge on any atom is -0.504 e. The highest BCUT2D eigenvalue weighted by Crippen LogP contribution is 2.26. The summed E-state index contributed by atoms with van der Waals surface area (Å²) in [5.74, 6) is 0.992. The second kappa shape index (κ2) is 6.67. The van der Waals surface area contributed by atoms with Crippen LogP contribution in [0, 0.1) is 11.7 Å². The molecule has 124 valence electrons. The first-order valence-electron chi connectivity index (χ1n) is 7.28. The number of phenols is 1. The van der Waals surface area contributed by atoms with Gasteiger partial charge in [-0.2, -0.15) is 20.0 Å². The van der Waals surface area contributed by atoms with E-state index in [1.54, 1.807) is 24.4 Å². The number of H-pyrrole nitrogens is 2. The highest BCUT2D eigenvalue weighted by atomic mass is 32.1. The number of benzene rings is 1. The molecular weight excluding hydrogens is 328 g/mol. The van der Waals surface area contributed by atoms with Crippen molar-refractivity contribution in [1.29, 1.82) is 0 Å². The standard InChI is InChI=1S/C15H16N6O2S/c1-3-23-13-7-10(4-5-12(13)22)8-16-21-14(19-20-15(21)24)11-6-9(2)17-18-11/h4-8,22H,3H2,1-2H3,(H,17,18)(H,20,24). The number of aromatic amines is 2. The van der Waals surface area contributed by atoms with Gasteiger partial charge in [0.1, 0.15) is 5.69 Å². The Kier molecular flexibility index (Phi) is 4.43. The van der Waals surface area contributed by atoms with Crippen molar-refractivity contribution in [3.8, 4) is 23.0 Å². The monoisotopic (exact) mass is 344 g/mol. The van der Waals surface area contributed by atoms with E-state index in [1.165, 1.54) is 4.68 Å². The maximum atomic E-state index is 9.74. The van der Waals surface area contributed by atoms with Gasteiger partial charge in [0, 0.05) is 5.69 Å². The summed E-state index contributed by atoms with van der Waals surface area (Å²) in [6, 6.07) is 6.83. The van der Waals surface area contributed by atoms with Crippen LogP contribution in [0.1, 0.15) is 18.2 Å². The Bertz CT molecular complexity index is 940. The van der Waals surface area contributed by atoms with Crippen molar-refractivity contribution in [2.24, 2.45) is 5.10 Å². The molecule has 0 amide bonds. The van der Waals surface area contributed by atoms with E-state index in [1.807, 2.05) is 19.9 Å². The smallest absolute Gasteiger partial charge is 0.216 e. The molecule has 2 aromatic heterocycles. The lowest BCUT2D eigenvalue weighted by molar-refractivity contribution is 0.318. The van der Waals surface area contributed by atoms with Crippen LogP contribution in [0.15, 0.2) is 29.4 Å². The molecule has 3 rings (SSSR count). The molecule has 0 fully saturated rings. The Morgan fingerprint density at radius 2 is 2.17 bits per heavy atom. The largest absolute Gasteiger partial charge is 0.504 e. The van der Waals surface area contributed by atoms with Crippen LogP contribution < -0.4 is 4.74 Å². The lowest BCUT2D eigenvalue weighted by Crippen LogP contribution is -1.96. The second-order valence-electron chi connectivity index (χ2n) is 5.01. The van der Waals surface area contributed by atoms with E-state index in [2.05, 4.69) is 25.5 Å². The first-order valence-corrected chi connectivity index (χ1v) is 7.69. The fourth-order valence-electron chi connectivity index (χ4n) is 2.10. The van der Waals surface area contributed by atoms with Crippen molar-refractivity contribution in [3.05, 3.63) is 40.3 Å². The van der Waals surface area contributed by atoms with E-state index < -0.39 is 0 Å². The lowest BCUT2D eigenvalue weighted by atomic mass is 10.2. The lowest BCUT2D eigenvalue weighted by Gasteiger charge is -2.06. The summed E-state index contributed by atoms with van der Waals surface area (Å²) in [7, 11) is 0. The predicted molar refractivity (Wildman–Crippen MR) is 92.0 cm³/mol. The second-order valence-corrected chi connectivity index (χ2v) is 5.39. The molecule has 2 heterocycles. The van der Waals surface area contributed by atoms with E-state index in [9.17, 15) is 5.11 Å². The molecule has 3 aromatic rings. The van der Waals surface area contributed by atoms with Gasteiger partial charge < -0.3 is 9.84 Å². The summed E-state index contributed by atoms with van der Waals surface area (Å²) in [6.45, 7) is 4.21. The highest BCUT2D eigenvalue weighted by Gasteiger charge is 2.11. The van der Waals surface area contributed by atoms with Gasteiger partial charge in [-0.25, -0.2) is 5.10 Å². The molecule has 0 saturated heterocycles. The molecule has 8 nitrogen and oxygen atoms in total. The molecule has 0 spiro atoms. The summed E-state index contributed by atoms with van der Waals surface area (Å²) < 4.78 is 7.20. The molecule has 0 aliphatic heterocycles. The van der Waals surface area contributed by atoms with Gasteiger partial charge in [0.15, 0.2) is 11.5 Å². The fourth-order valence-corrected chi connectivity index (χ4v) is 2.28. The number of rotatable bonds is 5. The minimum absolute atomic E-state index is 0.0848. The van der Waals surface area contributed by atoms with E-state index in [4.69, 9.17) is 17.0 Å². The van der Waals surface area contributed by atoms with Crippen LogP contribution >= 0.6 is 12.2 Å². The van der Waals surface area contributed by atoms with Gasteiger partial charge >= 0.3 is 0 Å². The Morgan fingerprint density at radius 3 is 2.88 bits per heavy atom. The number of ether oxygens (including phenoxy) is 1. The molecule has 0 saturated carbocycles. The predicted octanol–water partition coefficient (Wildman–Crippen LogP) is 2.63. The summed E-state index contributed by atoms with van der Waals surface area (Å²) in [4.78, 5) is 0. The van der Waals surface area contributed by atoms with Gasteiger partial charge in [0.25, 0.3) is 0 Å². The number of hydrogen-bond donors (Lipinski definition) is 3. The third kappa shape index (κ3) is 3.20. The van der Waals surface area contributed by atoms with Gasteiger partial charge in [-0.1, -0.05) is 0 Å². The normalized spacial score (nSPS) is 11.2. The number of nitrogens with one attached hydrogen (secondary N) is 2. The Hall–Kier alpha value is -2.94. The van der Waals surface area contributed by atoms with Crippen LogP contribution in [-0.4, -0.2) is 43.0 Å². The van der Waals surface area contributed by atoms with Gasteiger partial charge in [0.2, 0.25) is 10.6 Å². The van der Waals surface area contributed by atoms with Crippen LogP contribution in [0.4, 0.5) is 0 Å². The van der Waals surface area contributed by atoms with E-state index >= 15 is 0 Å². The van der Waals surface area contributed by atoms with Gasteiger partial charge in [-0.15, -0.1) is 0 Å². The van der Waals surface area contributed by atoms with Gasteiger partial charge in [-0.3, -0.25) is 5.10 Å². The molecule has 0 bridgehead atoms. The Morgan fingerprint density at radius 1 is 1.33 bits per heavy atom. The van der Waals surface area contributed by atoms with Crippen molar-refractivity contribution in [2.45, 2.75) is 13.8 Å². The van der Waals surface area contributed by atoms with Crippen LogP contribution in [-0.2, 0) is 0 Å². The van der Waals surface area contributed by atoms with Crippen LogP contribution in [0.3, 0.4) is 0 Å². The summed E-state index contributed by atoms with van der Waals surface area (Å²) in [5, 5.41) is 28.0. The van der Waals surface area contributed by atoms with Crippen molar-refractivity contribution in [1.82, 2.24) is 25.1 Å². The molecule has 0 atom stereocenters. The molecular formula is C15H16N6O2S. The number of hydrogen-bond acceptors (Lipinski definition) is 6. The van der Waals surface area contributed by atoms with Crippen LogP contribution in [0.25, 0.3) is 11.5 Å². The molecule has 0 aliphatic rings. The van der Waals surface area contributed by atoms with Crippen LogP contribution in [0.2, 0.25) is 0 Å². The summed E-state index contributed by atoms with van der Waals surface area (Å²) in [5.41, 5.74) is 2.30. The van der Waals surface area contributed by atoms with Crippen LogP contribution in [0.5, 0.6) is 11.5 Å². The highest BCUT2D eigenvalue weighted by molar-refractivity contribution is 7.71. The fraction of sp³-hybridized carbons (Fsp3) is 0.200. The third-order valence-electron chi connectivity index (χ3n) is 3.19. The third-order valence-corrected chi connectivity index (χ3v) is 3.46. The van der Waals surface area contributed by atoms with Gasteiger partial charge in [0.05, 0.1) is 12.8 Å². The first-order chi connectivity index (χ1) is 11.6. The first kappa shape index (κ1) is 15.9. The van der Waals surface area contributed by atoms with Crippen molar-refractivity contribution in [3.63, 3.8) is 0 Å². The number of aromatic hydroxyl groups is 1.